The standard InChI is InChI=1S/C19H19ClF3NO3/c1-11(2)27-10-13-8-12(4-7-17(13)26-3)18(25)24-16-9-14(19(21,22)23)5-6-15(16)20/h4-9,11H,10H2,1-3H3,(H,24,25). The van der Waals surface area contributed by atoms with Crippen molar-refractivity contribution in [1.29, 1.82) is 0 Å². The van der Waals surface area contributed by atoms with E-state index in [1.807, 2.05) is 13.8 Å². The van der Waals surface area contributed by atoms with Gasteiger partial charge in [-0.3, -0.25) is 4.79 Å². The van der Waals surface area contributed by atoms with Crippen molar-refractivity contribution in [2.24, 2.45) is 0 Å². The Kier molecular flexibility index (Phi) is 6.73. The van der Waals surface area contributed by atoms with Crippen LogP contribution in [0, 0.1) is 0 Å². The second-order valence-electron chi connectivity index (χ2n) is 6.03. The summed E-state index contributed by atoms with van der Waals surface area (Å²) in [4.78, 5) is 12.5. The van der Waals surface area contributed by atoms with Crippen LogP contribution in [-0.4, -0.2) is 19.1 Å². The minimum absolute atomic E-state index is 0.00762. The molecule has 0 heterocycles. The molecule has 0 aromatic heterocycles. The number of carbonyl (C=O) groups excluding carboxylic acids is 1. The number of rotatable bonds is 6. The highest BCUT2D eigenvalue weighted by Crippen LogP contribution is 2.34. The van der Waals surface area contributed by atoms with Gasteiger partial charge < -0.3 is 14.8 Å². The molecule has 0 aliphatic rings. The number of ether oxygens (including phenoxy) is 2. The van der Waals surface area contributed by atoms with Gasteiger partial charge >= 0.3 is 6.18 Å². The predicted molar refractivity (Wildman–Crippen MR) is 97.3 cm³/mol. The lowest BCUT2D eigenvalue weighted by atomic mass is 10.1. The van der Waals surface area contributed by atoms with Gasteiger partial charge in [0.1, 0.15) is 5.75 Å². The molecule has 2 rings (SSSR count). The minimum atomic E-state index is -4.54. The van der Waals surface area contributed by atoms with Crippen molar-refractivity contribution in [3.63, 3.8) is 0 Å². The average molecular weight is 402 g/mol. The molecule has 2 aromatic rings. The molecule has 0 atom stereocenters. The van der Waals surface area contributed by atoms with Crippen LogP contribution in [0.4, 0.5) is 18.9 Å². The van der Waals surface area contributed by atoms with Crippen molar-refractivity contribution in [3.8, 4) is 5.75 Å². The first-order chi connectivity index (χ1) is 12.6. The summed E-state index contributed by atoms with van der Waals surface area (Å²) in [6.45, 7) is 3.98. The first kappa shape index (κ1) is 21.1. The highest BCUT2D eigenvalue weighted by atomic mass is 35.5. The van der Waals surface area contributed by atoms with E-state index in [0.717, 1.165) is 18.2 Å². The number of methoxy groups -OCH3 is 1. The van der Waals surface area contributed by atoms with Crippen LogP contribution >= 0.6 is 11.6 Å². The Bertz CT molecular complexity index is 822. The monoisotopic (exact) mass is 401 g/mol. The largest absolute Gasteiger partial charge is 0.496 e. The Labute approximate surface area is 160 Å². The van der Waals surface area contributed by atoms with E-state index in [-0.39, 0.29) is 29.0 Å². The normalized spacial score (nSPS) is 11.6. The summed E-state index contributed by atoms with van der Waals surface area (Å²) in [6, 6.07) is 7.42. The first-order valence-corrected chi connectivity index (χ1v) is 8.46. The van der Waals surface area contributed by atoms with E-state index in [0.29, 0.717) is 11.3 Å². The van der Waals surface area contributed by atoms with Crippen molar-refractivity contribution in [2.45, 2.75) is 32.7 Å². The molecule has 0 saturated heterocycles. The third kappa shape index (κ3) is 5.61. The number of amides is 1. The quantitative estimate of drug-likeness (QED) is 0.690. The zero-order valence-electron chi connectivity index (χ0n) is 15.0. The summed E-state index contributed by atoms with van der Waals surface area (Å²) < 4.78 is 49.4. The SMILES string of the molecule is COc1ccc(C(=O)Nc2cc(C(F)(F)F)ccc2Cl)cc1COC(C)C. The van der Waals surface area contributed by atoms with Crippen LogP contribution in [0.5, 0.6) is 5.75 Å². The molecule has 1 N–H and O–H groups in total. The molecule has 0 aliphatic carbocycles. The number of alkyl halides is 3. The number of halogens is 4. The molecule has 0 spiro atoms. The van der Waals surface area contributed by atoms with Crippen LogP contribution in [-0.2, 0) is 17.5 Å². The number of carbonyl (C=O) groups is 1. The van der Waals surface area contributed by atoms with Crippen LogP contribution in [0.3, 0.4) is 0 Å². The fourth-order valence-corrected chi connectivity index (χ4v) is 2.45. The molecule has 0 unspecified atom stereocenters. The lowest BCUT2D eigenvalue weighted by Crippen LogP contribution is -2.14. The maximum atomic E-state index is 12.9. The maximum absolute atomic E-state index is 12.9. The van der Waals surface area contributed by atoms with E-state index in [4.69, 9.17) is 21.1 Å². The third-order valence-electron chi connectivity index (χ3n) is 3.66. The highest BCUT2D eigenvalue weighted by molar-refractivity contribution is 6.34. The fourth-order valence-electron chi connectivity index (χ4n) is 2.28. The summed E-state index contributed by atoms with van der Waals surface area (Å²) in [5.74, 6) is -0.0472. The molecule has 0 fully saturated rings. The minimum Gasteiger partial charge on any atom is -0.496 e. The molecule has 0 bridgehead atoms. The second kappa shape index (κ2) is 8.63. The lowest BCUT2D eigenvalue weighted by molar-refractivity contribution is -0.137. The third-order valence-corrected chi connectivity index (χ3v) is 3.99. The number of hydrogen-bond donors (Lipinski definition) is 1. The number of nitrogens with one attached hydrogen (secondary N) is 1. The Morgan fingerprint density at radius 3 is 2.48 bits per heavy atom. The van der Waals surface area contributed by atoms with E-state index in [1.165, 1.54) is 13.2 Å². The van der Waals surface area contributed by atoms with Gasteiger partial charge in [0.15, 0.2) is 0 Å². The molecule has 1 amide bonds. The molecule has 27 heavy (non-hydrogen) atoms. The summed E-state index contributed by atoms with van der Waals surface area (Å²) in [5.41, 5.74) is -0.129. The van der Waals surface area contributed by atoms with Gasteiger partial charge in [0.2, 0.25) is 0 Å². The smallest absolute Gasteiger partial charge is 0.416 e. The van der Waals surface area contributed by atoms with Gasteiger partial charge in [0, 0.05) is 11.1 Å². The first-order valence-electron chi connectivity index (χ1n) is 8.08. The second-order valence-corrected chi connectivity index (χ2v) is 6.44. The molecule has 0 saturated carbocycles. The van der Waals surface area contributed by atoms with Gasteiger partial charge in [-0.05, 0) is 50.2 Å². The van der Waals surface area contributed by atoms with E-state index in [9.17, 15) is 18.0 Å². The summed E-state index contributed by atoms with van der Waals surface area (Å²) in [7, 11) is 1.50. The summed E-state index contributed by atoms with van der Waals surface area (Å²) in [6.07, 6.45) is -4.55. The van der Waals surface area contributed by atoms with Crippen molar-refractivity contribution < 1.29 is 27.4 Å². The van der Waals surface area contributed by atoms with Gasteiger partial charge in [-0.1, -0.05) is 11.6 Å². The molecule has 8 heteroatoms. The van der Waals surface area contributed by atoms with Crippen molar-refractivity contribution in [3.05, 3.63) is 58.1 Å². The zero-order chi connectivity index (χ0) is 20.2. The Morgan fingerprint density at radius 2 is 1.89 bits per heavy atom. The molecule has 4 nitrogen and oxygen atoms in total. The van der Waals surface area contributed by atoms with E-state index in [2.05, 4.69) is 5.32 Å². The number of benzene rings is 2. The summed E-state index contributed by atoms with van der Waals surface area (Å²) >= 11 is 5.92. The van der Waals surface area contributed by atoms with E-state index >= 15 is 0 Å². The van der Waals surface area contributed by atoms with E-state index < -0.39 is 17.6 Å². The topological polar surface area (TPSA) is 47.6 Å². The fraction of sp³-hybridized carbons (Fsp3) is 0.316. The van der Waals surface area contributed by atoms with Gasteiger partial charge in [-0.25, -0.2) is 0 Å². The van der Waals surface area contributed by atoms with Crippen molar-refractivity contribution >= 4 is 23.2 Å². The van der Waals surface area contributed by atoms with Crippen LogP contribution in [0.1, 0.15) is 35.3 Å². The lowest BCUT2D eigenvalue weighted by Gasteiger charge is -2.14. The average Bonchev–Trinajstić information content (AvgIpc) is 2.60. The molecular formula is C19H19ClF3NO3. The summed E-state index contributed by atoms with van der Waals surface area (Å²) in [5, 5.41) is 2.42. The maximum Gasteiger partial charge on any atom is 0.416 e. The van der Waals surface area contributed by atoms with Gasteiger partial charge in [0.05, 0.1) is 36.1 Å². The zero-order valence-corrected chi connectivity index (χ0v) is 15.7. The Hall–Kier alpha value is -2.25. The van der Waals surface area contributed by atoms with Crippen LogP contribution in [0.15, 0.2) is 36.4 Å². The van der Waals surface area contributed by atoms with Crippen LogP contribution in [0.25, 0.3) is 0 Å². The van der Waals surface area contributed by atoms with Crippen LogP contribution in [0.2, 0.25) is 5.02 Å². The molecule has 146 valence electrons. The molecule has 0 aliphatic heterocycles. The Morgan fingerprint density at radius 1 is 1.19 bits per heavy atom. The number of hydrogen-bond acceptors (Lipinski definition) is 3. The van der Waals surface area contributed by atoms with Gasteiger partial charge in [-0.2, -0.15) is 13.2 Å². The van der Waals surface area contributed by atoms with Crippen LogP contribution < -0.4 is 10.1 Å². The highest BCUT2D eigenvalue weighted by Gasteiger charge is 2.31. The van der Waals surface area contributed by atoms with Crippen molar-refractivity contribution in [1.82, 2.24) is 0 Å². The molecule has 2 aromatic carbocycles. The molecule has 0 radical (unpaired) electrons. The Balaban J connectivity index is 2.27. The molecular weight excluding hydrogens is 383 g/mol. The predicted octanol–water partition coefficient (Wildman–Crippen LogP) is 5.54. The van der Waals surface area contributed by atoms with Gasteiger partial charge in [0.25, 0.3) is 5.91 Å². The van der Waals surface area contributed by atoms with E-state index in [1.54, 1.807) is 12.1 Å². The number of anilines is 1. The van der Waals surface area contributed by atoms with Gasteiger partial charge in [-0.15, -0.1) is 0 Å². The van der Waals surface area contributed by atoms with Crippen molar-refractivity contribution in [2.75, 3.05) is 12.4 Å².